The summed E-state index contributed by atoms with van der Waals surface area (Å²) in [5.41, 5.74) is 2.18. The summed E-state index contributed by atoms with van der Waals surface area (Å²) in [6, 6.07) is 11.8. The molecule has 4 rings (SSSR count). The summed E-state index contributed by atoms with van der Waals surface area (Å²) < 4.78 is 2.09. The highest BCUT2D eigenvalue weighted by Gasteiger charge is 2.22. The molecule has 0 atom stereocenters. The van der Waals surface area contributed by atoms with E-state index >= 15 is 0 Å². The first-order valence-corrected chi connectivity index (χ1v) is 12.2. The van der Waals surface area contributed by atoms with Crippen LogP contribution < -0.4 is 0 Å². The number of nitrogens with zero attached hydrogens (tertiary/aromatic N) is 6. The molecule has 1 saturated heterocycles. The number of benzene rings is 1. The number of pyridine rings is 1. The predicted octanol–water partition coefficient (Wildman–Crippen LogP) is 3.84. The third-order valence-electron chi connectivity index (χ3n) is 5.45. The monoisotopic (exact) mass is 470 g/mol. The highest BCUT2D eigenvalue weighted by atomic mass is 35.5. The molecule has 1 amide bonds. The van der Waals surface area contributed by atoms with Gasteiger partial charge in [-0.3, -0.25) is 14.7 Å². The Morgan fingerprint density at radius 2 is 1.88 bits per heavy atom. The van der Waals surface area contributed by atoms with E-state index in [-0.39, 0.29) is 5.91 Å². The fraction of sp³-hybridized carbons (Fsp3) is 0.391. The molecule has 0 saturated carbocycles. The van der Waals surface area contributed by atoms with Gasteiger partial charge in [-0.25, -0.2) is 0 Å². The van der Waals surface area contributed by atoms with Crippen molar-refractivity contribution >= 4 is 29.3 Å². The van der Waals surface area contributed by atoms with E-state index in [2.05, 4.69) is 37.6 Å². The standard InChI is InChI=1S/C23H27ClN6OS/c1-2-10-30-22(19-6-8-25-9-7-19)26-27-23(30)32-17-21(31)29-13-11-28(12-14-29)16-18-4-3-5-20(24)15-18/h3-9,15H,2,10-14,16-17H2,1H3. The Labute approximate surface area is 197 Å². The first-order chi connectivity index (χ1) is 15.6. The van der Waals surface area contributed by atoms with Crippen molar-refractivity contribution in [3.05, 3.63) is 59.4 Å². The van der Waals surface area contributed by atoms with Crippen LogP contribution in [0.15, 0.2) is 53.9 Å². The normalized spacial score (nSPS) is 14.6. The van der Waals surface area contributed by atoms with E-state index in [0.717, 1.165) is 67.3 Å². The van der Waals surface area contributed by atoms with Gasteiger partial charge in [-0.1, -0.05) is 42.4 Å². The van der Waals surface area contributed by atoms with Gasteiger partial charge in [0.1, 0.15) is 0 Å². The number of halogens is 1. The zero-order valence-electron chi connectivity index (χ0n) is 18.2. The molecule has 3 aromatic rings. The molecule has 1 aliphatic rings. The molecule has 168 valence electrons. The van der Waals surface area contributed by atoms with Crippen molar-refractivity contribution in [1.82, 2.24) is 29.5 Å². The van der Waals surface area contributed by atoms with Crippen LogP contribution in [0.25, 0.3) is 11.4 Å². The van der Waals surface area contributed by atoms with E-state index in [0.29, 0.717) is 5.75 Å². The molecule has 1 aliphatic heterocycles. The lowest BCUT2D eigenvalue weighted by atomic mass is 10.2. The largest absolute Gasteiger partial charge is 0.339 e. The van der Waals surface area contributed by atoms with Gasteiger partial charge < -0.3 is 9.47 Å². The average Bonchev–Trinajstić information content (AvgIpc) is 3.21. The SMILES string of the molecule is CCCn1c(SCC(=O)N2CCN(Cc3cccc(Cl)c3)CC2)nnc1-c1ccncc1. The lowest BCUT2D eigenvalue weighted by molar-refractivity contribution is -0.130. The second-order valence-electron chi connectivity index (χ2n) is 7.77. The number of hydrogen-bond donors (Lipinski definition) is 0. The summed E-state index contributed by atoms with van der Waals surface area (Å²) >= 11 is 7.56. The van der Waals surface area contributed by atoms with Gasteiger partial charge in [0.2, 0.25) is 5.91 Å². The lowest BCUT2D eigenvalue weighted by Gasteiger charge is -2.34. The van der Waals surface area contributed by atoms with Crippen molar-refractivity contribution < 1.29 is 4.79 Å². The molecule has 0 aliphatic carbocycles. The van der Waals surface area contributed by atoms with Crippen LogP contribution in [0.4, 0.5) is 0 Å². The van der Waals surface area contributed by atoms with Gasteiger partial charge in [-0.15, -0.1) is 10.2 Å². The third-order valence-corrected chi connectivity index (χ3v) is 6.63. The molecule has 3 heterocycles. The highest BCUT2D eigenvalue weighted by Crippen LogP contribution is 2.24. The van der Waals surface area contributed by atoms with Gasteiger partial charge in [0, 0.05) is 62.2 Å². The lowest BCUT2D eigenvalue weighted by Crippen LogP contribution is -2.48. The first kappa shape index (κ1) is 22.8. The van der Waals surface area contributed by atoms with Crippen LogP contribution in [0.1, 0.15) is 18.9 Å². The Morgan fingerprint density at radius 1 is 1.09 bits per heavy atom. The summed E-state index contributed by atoms with van der Waals surface area (Å²) in [6.45, 7) is 6.99. The van der Waals surface area contributed by atoms with Gasteiger partial charge >= 0.3 is 0 Å². The maximum Gasteiger partial charge on any atom is 0.233 e. The molecule has 32 heavy (non-hydrogen) atoms. The average molecular weight is 471 g/mol. The fourth-order valence-electron chi connectivity index (χ4n) is 3.80. The molecular formula is C23H27ClN6OS. The molecule has 1 aromatic carbocycles. The first-order valence-electron chi connectivity index (χ1n) is 10.8. The van der Waals surface area contributed by atoms with E-state index in [1.165, 1.54) is 17.3 Å². The van der Waals surface area contributed by atoms with Crippen molar-refractivity contribution in [3.63, 3.8) is 0 Å². The zero-order chi connectivity index (χ0) is 22.3. The van der Waals surface area contributed by atoms with Crippen LogP contribution in [0.3, 0.4) is 0 Å². The molecule has 0 bridgehead atoms. The van der Waals surface area contributed by atoms with Gasteiger partial charge in [-0.05, 0) is 36.2 Å². The fourth-order valence-corrected chi connectivity index (χ4v) is 4.88. The Kier molecular flexibility index (Phi) is 7.78. The summed E-state index contributed by atoms with van der Waals surface area (Å²) in [5.74, 6) is 1.33. The van der Waals surface area contributed by atoms with Crippen LogP contribution in [-0.2, 0) is 17.9 Å². The molecule has 0 radical (unpaired) electrons. The quantitative estimate of drug-likeness (QED) is 0.466. The number of carbonyl (C=O) groups is 1. The van der Waals surface area contributed by atoms with Crippen LogP contribution in [-0.4, -0.2) is 67.4 Å². The maximum absolute atomic E-state index is 12.8. The summed E-state index contributed by atoms with van der Waals surface area (Å²) in [6.07, 6.45) is 4.47. The molecule has 2 aromatic heterocycles. The molecular weight excluding hydrogens is 444 g/mol. The van der Waals surface area contributed by atoms with Gasteiger partial charge in [-0.2, -0.15) is 0 Å². The Balaban J connectivity index is 1.31. The molecule has 1 fully saturated rings. The van der Waals surface area contributed by atoms with Gasteiger partial charge in [0.15, 0.2) is 11.0 Å². The number of rotatable bonds is 8. The smallest absolute Gasteiger partial charge is 0.233 e. The number of hydrogen-bond acceptors (Lipinski definition) is 6. The van der Waals surface area contributed by atoms with E-state index in [9.17, 15) is 4.79 Å². The minimum atomic E-state index is 0.147. The number of thioether (sulfide) groups is 1. The van der Waals surface area contributed by atoms with Crippen LogP contribution >= 0.6 is 23.4 Å². The Morgan fingerprint density at radius 3 is 2.59 bits per heavy atom. The molecule has 9 heteroatoms. The topological polar surface area (TPSA) is 67.2 Å². The van der Waals surface area contributed by atoms with Crippen molar-refractivity contribution in [2.24, 2.45) is 0 Å². The number of carbonyl (C=O) groups excluding carboxylic acids is 1. The van der Waals surface area contributed by atoms with Crippen LogP contribution in [0.5, 0.6) is 0 Å². The molecule has 0 N–H and O–H groups in total. The number of piperazine rings is 1. The minimum Gasteiger partial charge on any atom is -0.339 e. The summed E-state index contributed by atoms with van der Waals surface area (Å²) in [4.78, 5) is 21.2. The van der Waals surface area contributed by atoms with E-state index in [4.69, 9.17) is 11.6 Å². The van der Waals surface area contributed by atoms with Gasteiger partial charge in [0.05, 0.1) is 5.75 Å². The summed E-state index contributed by atoms with van der Waals surface area (Å²) in [7, 11) is 0. The Bertz CT molecular complexity index is 1040. The van der Waals surface area contributed by atoms with Gasteiger partial charge in [0.25, 0.3) is 0 Å². The van der Waals surface area contributed by atoms with Crippen molar-refractivity contribution in [1.29, 1.82) is 0 Å². The van der Waals surface area contributed by atoms with Crippen molar-refractivity contribution in [2.75, 3.05) is 31.9 Å². The number of amides is 1. The van der Waals surface area contributed by atoms with Crippen LogP contribution in [0, 0.1) is 0 Å². The van der Waals surface area contributed by atoms with E-state index in [1.807, 2.05) is 35.2 Å². The molecule has 0 unspecified atom stereocenters. The zero-order valence-corrected chi connectivity index (χ0v) is 19.7. The predicted molar refractivity (Wildman–Crippen MR) is 128 cm³/mol. The van der Waals surface area contributed by atoms with Crippen LogP contribution in [0.2, 0.25) is 5.02 Å². The summed E-state index contributed by atoms with van der Waals surface area (Å²) in [5, 5.41) is 10.3. The maximum atomic E-state index is 12.8. The number of aromatic nitrogens is 4. The van der Waals surface area contributed by atoms with Crippen molar-refractivity contribution in [3.8, 4) is 11.4 Å². The highest BCUT2D eigenvalue weighted by molar-refractivity contribution is 7.99. The Hall–Kier alpha value is -2.42. The second-order valence-corrected chi connectivity index (χ2v) is 9.15. The molecule has 0 spiro atoms. The van der Waals surface area contributed by atoms with Crippen molar-refractivity contribution in [2.45, 2.75) is 31.6 Å². The van der Waals surface area contributed by atoms with E-state index in [1.54, 1.807) is 12.4 Å². The van der Waals surface area contributed by atoms with E-state index < -0.39 is 0 Å². The third kappa shape index (κ3) is 5.68. The molecule has 7 nitrogen and oxygen atoms in total. The second kappa shape index (κ2) is 10.9. The minimum absolute atomic E-state index is 0.147.